The first-order valence-corrected chi connectivity index (χ1v) is 52.8. The maximum absolute atomic E-state index is 13.1. The van der Waals surface area contributed by atoms with Crippen molar-refractivity contribution in [1.82, 2.24) is 0 Å². The zero-order valence-electron chi connectivity index (χ0n) is 78.3. The van der Waals surface area contributed by atoms with Crippen LogP contribution in [0.4, 0.5) is 0 Å². The van der Waals surface area contributed by atoms with E-state index in [4.69, 9.17) is 32.3 Å². The van der Waals surface area contributed by atoms with E-state index in [2.05, 4.69) is 179 Å². The molecule has 0 aliphatic heterocycles. The molecule has 708 valence electrons. The quantitative estimate of drug-likeness (QED) is 0.0146. The topological polar surface area (TPSA) is 231 Å². The van der Waals surface area contributed by atoms with E-state index in [-0.39, 0.29) is 19.3 Å². The largest absolute Gasteiger partial charge is 0.472 e. The predicted octanol–water partition coefficient (Wildman–Crippen LogP) is 31.2. The van der Waals surface area contributed by atoms with Gasteiger partial charge in [-0.3, -0.25) is 32.5 Å². The molecule has 0 fully saturated rings. The summed E-state index contributed by atoms with van der Waals surface area (Å²) in [4.78, 5) is 59.2. The molecule has 0 aliphatic rings. The van der Waals surface area contributed by atoms with Gasteiger partial charge >= 0.3 is 33.6 Å². The Kier molecular flexibility index (Phi) is 92.5. The molecule has 0 bridgehead atoms. The van der Waals surface area contributed by atoms with Gasteiger partial charge in [-0.15, -0.1) is 0 Å². The van der Waals surface area contributed by atoms with Crippen molar-refractivity contribution in [3.05, 3.63) is 158 Å². The van der Waals surface area contributed by atoms with Gasteiger partial charge in [-0.05, 0) is 154 Å². The van der Waals surface area contributed by atoms with E-state index in [1.54, 1.807) is 0 Å². The van der Waals surface area contributed by atoms with E-state index in [1.807, 2.05) is 0 Å². The first kappa shape index (κ1) is 118. The summed E-state index contributed by atoms with van der Waals surface area (Å²) in [7, 11) is -9.82. The molecular weight excluding hydrogens is 1580 g/mol. The molecule has 123 heavy (non-hydrogen) atoms. The van der Waals surface area contributed by atoms with Crippen molar-refractivity contribution in [2.24, 2.45) is 0 Å². The van der Waals surface area contributed by atoms with Gasteiger partial charge in [0.05, 0.1) is 26.4 Å². The molecule has 0 aromatic heterocycles. The second kappa shape index (κ2) is 96.3. The number of aliphatic hydroxyl groups is 2. The van der Waals surface area contributed by atoms with Gasteiger partial charge in [-0.25, -0.2) is 9.13 Å². The molecule has 0 amide bonds. The molecule has 0 heterocycles. The lowest BCUT2D eigenvalue weighted by atomic mass is 10.0. The Morgan fingerprint density at radius 1 is 0.236 bits per heavy atom. The van der Waals surface area contributed by atoms with E-state index in [0.717, 1.165) is 154 Å². The zero-order chi connectivity index (χ0) is 89.3. The molecule has 5 atom stereocenters. The predicted molar refractivity (Wildman–Crippen MR) is 519 cm³/mol. The smallest absolute Gasteiger partial charge is 0.463 e. The molecule has 0 radical (unpaired) electrons. The minimum Gasteiger partial charge on any atom is -0.463 e. The maximum Gasteiger partial charge on any atom is 0.472 e. The molecule has 0 rings (SSSR count). The first-order valence-electron chi connectivity index (χ1n) is 49.8. The Bertz CT molecular complexity index is 2870. The van der Waals surface area contributed by atoms with Crippen LogP contribution in [0.3, 0.4) is 0 Å². The van der Waals surface area contributed by atoms with Crippen LogP contribution in [0.15, 0.2) is 158 Å². The van der Waals surface area contributed by atoms with E-state index in [1.165, 1.54) is 218 Å². The Hall–Kier alpha value is -4.83. The first-order chi connectivity index (χ1) is 60.2. The van der Waals surface area contributed by atoms with E-state index < -0.39 is 91.5 Å². The third kappa shape index (κ3) is 97.6. The fraction of sp³-hybridized carbons (Fsp3) is 0.724. The highest BCUT2D eigenvalue weighted by molar-refractivity contribution is 7.47. The number of allylic oxidation sites excluding steroid dienone is 26. The molecule has 18 heteroatoms. The lowest BCUT2D eigenvalue weighted by Gasteiger charge is -2.21. The van der Waals surface area contributed by atoms with Crippen molar-refractivity contribution in [1.29, 1.82) is 0 Å². The highest BCUT2D eigenvalue weighted by Crippen LogP contribution is 2.45. The minimum absolute atomic E-state index is 0.0980. The van der Waals surface area contributed by atoms with Gasteiger partial charge < -0.3 is 34.2 Å². The number of ether oxygens (including phenoxy) is 3. The van der Waals surface area contributed by atoms with Crippen LogP contribution >= 0.6 is 15.6 Å². The molecule has 0 aliphatic carbocycles. The van der Waals surface area contributed by atoms with Crippen LogP contribution in [0.25, 0.3) is 0 Å². The highest BCUT2D eigenvalue weighted by Gasteiger charge is 2.30. The van der Waals surface area contributed by atoms with Crippen molar-refractivity contribution in [3.63, 3.8) is 0 Å². The minimum atomic E-state index is -4.95. The normalized spacial score (nSPS) is 14.4. The summed E-state index contributed by atoms with van der Waals surface area (Å²) in [6.45, 7) is 2.58. The Labute approximate surface area is 752 Å². The third-order valence-corrected chi connectivity index (χ3v) is 23.1. The van der Waals surface area contributed by atoms with Crippen LogP contribution in [-0.4, -0.2) is 95.9 Å². The fourth-order valence-corrected chi connectivity index (χ4v) is 15.3. The number of carbonyl (C=O) groups is 3. The molecule has 0 saturated heterocycles. The molecule has 0 saturated carbocycles. The van der Waals surface area contributed by atoms with Gasteiger partial charge in [0.15, 0.2) is 6.10 Å². The summed E-state index contributed by atoms with van der Waals surface area (Å²) in [5.41, 5.74) is 0. The molecule has 5 unspecified atom stereocenters. The number of aliphatic hydroxyl groups excluding tert-OH is 2. The fourth-order valence-electron chi connectivity index (χ4n) is 13.7. The number of phosphoric acid groups is 2. The van der Waals surface area contributed by atoms with E-state index in [0.29, 0.717) is 19.3 Å². The monoisotopic (exact) mass is 1760 g/mol. The molecule has 0 aromatic rings. The molecule has 4 N–H and O–H groups in total. The number of carbonyl (C=O) groups excluding carboxylic acids is 3. The van der Waals surface area contributed by atoms with Crippen LogP contribution in [-0.2, 0) is 55.8 Å². The summed E-state index contributed by atoms with van der Waals surface area (Å²) in [5.74, 6) is -1.56. The summed E-state index contributed by atoms with van der Waals surface area (Å²) in [5, 5.41) is 20.8. The average molecular weight is 1760 g/mol. The van der Waals surface area contributed by atoms with Gasteiger partial charge in [0.1, 0.15) is 25.4 Å². The van der Waals surface area contributed by atoms with Crippen LogP contribution in [0.2, 0.25) is 0 Å². The number of hydrogen-bond donors (Lipinski definition) is 4. The summed E-state index contributed by atoms with van der Waals surface area (Å²) < 4.78 is 61.7. The number of phosphoric ester groups is 2. The SMILES string of the molecule is CC/C=C\C/C=C\C/C=C\C/C=C\C/C=C\CCCCCCCCCCCCCCCC(=O)OCC(COP(=O)(O)OCC(O)COP(=O)(O)OCC(O)COC(=O)CCCCCCCCCCCCCCCCC/C=C\C/C=C\C/C=C\C/C=C\CCCCC)OC(=O)CCCCCCCCCCCCC/C=C\C/C=C\C/C=C\C/C=C\CCCCC. The third-order valence-electron chi connectivity index (χ3n) is 21.2. The molecular formula is C105H182O16P2. The van der Waals surface area contributed by atoms with Gasteiger partial charge in [0.2, 0.25) is 0 Å². The number of rotatable bonds is 94. The number of hydrogen-bond acceptors (Lipinski definition) is 14. The zero-order valence-corrected chi connectivity index (χ0v) is 80.1. The lowest BCUT2D eigenvalue weighted by molar-refractivity contribution is -0.161. The van der Waals surface area contributed by atoms with Crippen molar-refractivity contribution < 1.29 is 75.8 Å². The second-order valence-electron chi connectivity index (χ2n) is 33.2. The second-order valence-corrected chi connectivity index (χ2v) is 36.1. The summed E-state index contributed by atoms with van der Waals surface area (Å²) in [6.07, 6.45) is 124. The molecule has 0 spiro atoms. The van der Waals surface area contributed by atoms with Crippen molar-refractivity contribution >= 4 is 33.6 Å². The Morgan fingerprint density at radius 3 is 0.683 bits per heavy atom. The van der Waals surface area contributed by atoms with E-state index >= 15 is 0 Å². The van der Waals surface area contributed by atoms with Crippen LogP contribution in [0.5, 0.6) is 0 Å². The van der Waals surface area contributed by atoms with Crippen molar-refractivity contribution in [3.8, 4) is 0 Å². The summed E-state index contributed by atoms with van der Waals surface area (Å²) in [6, 6.07) is 0. The lowest BCUT2D eigenvalue weighted by Crippen LogP contribution is -2.30. The highest BCUT2D eigenvalue weighted by atomic mass is 31.2. The Morgan fingerprint density at radius 2 is 0.431 bits per heavy atom. The standard InChI is InChI=1S/C105H182O16P2/c1-4-7-10-13-16-19-22-25-28-31-34-37-40-43-46-48-49-51-54-55-58-61-64-67-70-73-76-79-82-85-88-91-103(108)115-94-100(106)95-117-122(111,112)118-96-101(107)97-119-123(113,114)120-99-102(121-105(110)93-90-87-84-81-78-75-72-69-66-63-60-57-52-45-42-39-36-33-30-27-24-21-18-15-12-9-6-3)98-116-104(109)92-89-86-83-80-77-74-71-68-65-62-59-56-53-50-47-44-41-38-35-32-29-26-23-20-17-14-11-8-5-2/h8,11,16-21,25-30,34-39,43-47,52,100-102,106-107H,4-7,9-10,12-15,22-24,31-33,40-42,48-51,53-99H2,1-3H3,(H,111,112)(H,113,114)/b11-8-,19-16-,20-17-,21-18-,28-25-,29-26-,30-27-,37-34-,38-35-,39-36-,46-43-,47-44-,52-45-. The maximum atomic E-state index is 13.1. The Balaban J connectivity index is 4.62. The number of unbranched alkanes of at least 4 members (excludes halogenated alkanes) is 45. The van der Waals surface area contributed by atoms with Crippen molar-refractivity contribution in [2.75, 3.05) is 39.6 Å². The van der Waals surface area contributed by atoms with Gasteiger partial charge in [0.25, 0.3) is 0 Å². The summed E-state index contributed by atoms with van der Waals surface area (Å²) >= 11 is 0. The van der Waals surface area contributed by atoms with Crippen LogP contribution in [0, 0.1) is 0 Å². The van der Waals surface area contributed by atoms with Gasteiger partial charge in [-0.1, -0.05) is 416 Å². The van der Waals surface area contributed by atoms with Gasteiger partial charge in [0, 0.05) is 19.3 Å². The average Bonchev–Trinajstić information content (AvgIpc) is 0.898. The van der Waals surface area contributed by atoms with E-state index in [9.17, 15) is 43.5 Å². The van der Waals surface area contributed by atoms with Crippen LogP contribution in [0.1, 0.15) is 432 Å². The number of esters is 3. The van der Waals surface area contributed by atoms with Crippen molar-refractivity contribution in [2.45, 2.75) is 450 Å². The van der Waals surface area contributed by atoms with Gasteiger partial charge in [-0.2, -0.15) is 0 Å². The molecule has 16 nitrogen and oxygen atoms in total. The van der Waals surface area contributed by atoms with Crippen LogP contribution < -0.4 is 0 Å². The molecule has 0 aromatic carbocycles.